The number of hydrogen-bond acceptors (Lipinski definition) is 1. The molecule has 0 saturated heterocycles. The van der Waals surface area contributed by atoms with Crippen molar-refractivity contribution in [1.82, 2.24) is 5.32 Å². The number of carbonyl (C=O) groups excluding carboxylic acids is 1. The topological polar surface area (TPSA) is 41.1 Å². The lowest BCUT2D eigenvalue weighted by atomic mass is 10.2. The van der Waals surface area contributed by atoms with E-state index in [1.807, 2.05) is 30.3 Å². The highest BCUT2D eigenvalue weighted by molar-refractivity contribution is 9.10. The van der Waals surface area contributed by atoms with Crippen LogP contribution in [0.25, 0.3) is 0 Å². The van der Waals surface area contributed by atoms with Crippen LogP contribution in [0.15, 0.2) is 46.9 Å². The summed E-state index contributed by atoms with van der Waals surface area (Å²) in [7, 11) is 0. The number of rotatable bonds is 3. The summed E-state index contributed by atoms with van der Waals surface area (Å²) in [4.78, 5) is 11.8. The van der Waals surface area contributed by atoms with Crippen LogP contribution in [-0.2, 0) is 6.54 Å². The first-order valence-electron chi connectivity index (χ1n) is 5.79. The summed E-state index contributed by atoms with van der Waals surface area (Å²) in [5.74, 6) is -0.475. The third-order valence-corrected chi connectivity index (χ3v) is 3.46. The lowest BCUT2D eigenvalue weighted by Gasteiger charge is -2.11. The van der Waals surface area contributed by atoms with Crippen LogP contribution < -0.4 is 10.6 Å². The standard InChI is InChI=1S/C14H11BrClFN2O/c15-11-6-10(17)7-12(16)13(11)19-14(20)18-8-9-4-2-1-3-5-9/h1-7H,8H2,(H2,18,19,20). The van der Waals surface area contributed by atoms with Gasteiger partial charge in [-0.3, -0.25) is 0 Å². The number of carbonyl (C=O) groups is 1. The SMILES string of the molecule is O=C(NCc1ccccc1)Nc1c(Cl)cc(F)cc1Br. The minimum atomic E-state index is -0.475. The fraction of sp³-hybridized carbons (Fsp3) is 0.0714. The van der Waals surface area contributed by atoms with Crippen molar-refractivity contribution in [1.29, 1.82) is 0 Å². The molecule has 2 aromatic carbocycles. The average Bonchev–Trinajstić information content (AvgIpc) is 2.42. The Hall–Kier alpha value is -1.59. The van der Waals surface area contributed by atoms with E-state index in [2.05, 4.69) is 26.6 Å². The van der Waals surface area contributed by atoms with Crippen molar-refractivity contribution in [2.45, 2.75) is 6.54 Å². The molecular formula is C14H11BrClFN2O. The lowest BCUT2D eigenvalue weighted by Crippen LogP contribution is -2.28. The second kappa shape index (κ2) is 6.72. The Morgan fingerprint density at radius 1 is 1.25 bits per heavy atom. The molecule has 2 amide bonds. The van der Waals surface area contributed by atoms with Gasteiger partial charge in [0.05, 0.1) is 10.7 Å². The molecule has 20 heavy (non-hydrogen) atoms. The summed E-state index contributed by atoms with van der Waals surface area (Å²) < 4.78 is 13.5. The zero-order chi connectivity index (χ0) is 14.5. The van der Waals surface area contributed by atoms with E-state index < -0.39 is 11.8 Å². The molecule has 0 radical (unpaired) electrons. The van der Waals surface area contributed by atoms with E-state index in [0.717, 1.165) is 11.6 Å². The molecule has 0 spiro atoms. The van der Waals surface area contributed by atoms with Gasteiger partial charge in [-0.1, -0.05) is 41.9 Å². The van der Waals surface area contributed by atoms with Gasteiger partial charge in [-0.25, -0.2) is 9.18 Å². The summed E-state index contributed by atoms with van der Waals surface area (Å²) in [6.45, 7) is 0.392. The third kappa shape index (κ3) is 3.95. The van der Waals surface area contributed by atoms with Crippen molar-refractivity contribution in [2.24, 2.45) is 0 Å². The van der Waals surface area contributed by atoms with Gasteiger partial charge in [0.15, 0.2) is 0 Å². The van der Waals surface area contributed by atoms with Gasteiger partial charge < -0.3 is 10.6 Å². The van der Waals surface area contributed by atoms with E-state index in [0.29, 0.717) is 16.7 Å². The van der Waals surface area contributed by atoms with Gasteiger partial charge >= 0.3 is 6.03 Å². The molecule has 0 saturated carbocycles. The van der Waals surface area contributed by atoms with Gasteiger partial charge in [-0.05, 0) is 33.6 Å². The number of nitrogens with one attached hydrogen (secondary N) is 2. The van der Waals surface area contributed by atoms with Crippen molar-refractivity contribution in [3.63, 3.8) is 0 Å². The molecule has 0 atom stereocenters. The van der Waals surface area contributed by atoms with E-state index in [1.54, 1.807) is 0 Å². The number of halogens is 3. The first-order valence-corrected chi connectivity index (χ1v) is 6.96. The van der Waals surface area contributed by atoms with Gasteiger partial charge in [-0.2, -0.15) is 0 Å². The molecule has 6 heteroatoms. The number of urea groups is 1. The summed E-state index contributed by atoms with van der Waals surface area (Å²) >= 11 is 9.04. The first-order chi connectivity index (χ1) is 9.56. The van der Waals surface area contributed by atoms with Crippen LogP contribution in [0.1, 0.15) is 5.56 Å². The van der Waals surface area contributed by atoms with Gasteiger partial charge in [-0.15, -0.1) is 0 Å². The normalized spacial score (nSPS) is 10.2. The summed E-state index contributed by atoms with van der Waals surface area (Å²) in [5.41, 5.74) is 1.31. The van der Waals surface area contributed by atoms with Crippen LogP contribution in [0.4, 0.5) is 14.9 Å². The fourth-order valence-electron chi connectivity index (χ4n) is 1.60. The molecule has 2 rings (SSSR count). The molecule has 0 aliphatic heterocycles. The number of benzene rings is 2. The summed E-state index contributed by atoms with van der Waals surface area (Å²) in [6, 6.07) is 11.5. The van der Waals surface area contributed by atoms with Crippen LogP contribution in [0, 0.1) is 5.82 Å². The predicted octanol–water partition coefficient (Wildman–Crippen LogP) is 4.56. The third-order valence-electron chi connectivity index (χ3n) is 2.54. The average molecular weight is 358 g/mol. The van der Waals surface area contributed by atoms with Crippen LogP contribution in [0.3, 0.4) is 0 Å². The van der Waals surface area contributed by atoms with Crippen molar-refractivity contribution in [2.75, 3.05) is 5.32 Å². The van der Waals surface area contributed by atoms with Gasteiger partial charge in [0.1, 0.15) is 5.82 Å². The second-order valence-corrected chi connectivity index (χ2v) is 5.30. The molecule has 104 valence electrons. The van der Waals surface area contributed by atoms with E-state index in [9.17, 15) is 9.18 Å². The largest absolute Gasteiger partial charge is 0.334 e. The molecule has 0 aromatic heterocycles. The van der Waals surface area contributed by atoms with E-state index in [-0.39, 0.29) is 5.02 Å². The maximum absolute atomic E-state index is 13.1. The Balaban J connectivity index is 1.98. The highest BCUT2D eigenvalue weighted by Crippen LogP contribution is 2.31. The summed E-state index contributed by atoms with van der Waals surface area (Å²) in [6.07, 6.45) is 0. The van der Waals surface area contributed by atoms with Crippen LogP contribution in [-0.4, -0.2) is 6.03 Å². The minimum absolute atomic E-state index is 0.131. The Bertz CT molecular complexity index is 599. The van der Waals surface area contributed by atoms with Gasteiger partial charge in [0, 0.05) is 11.0 Å². The van der Waals surface area contributed by atoms with Gasteiger partial charge in [0.2, 0.25) is 0 Å². The summed E-state index contributed by atoms with van der Waals surface area (Å²) in [5, 5.41) is 5.40. The Kier molecular flexibility index (Phi) is 4.98. The maximum Gasteiger partial charge on any atom is 0.319 e. The predicted molar refractivity (Wildman–Crippen MR) is 81.4 cm³/mol. The molecule has 0 heterocycles. The quantitative estimate of drug-likeness (QED) is 0.830. The molecular weight excluding hydrogens is 347 g/mol. The fourth-order valence-corrected chi connectivity index (χ4v) is 2.50. The van der Waals surface area contributed by atoms with Crippen molar-refractivity contribution in [3.05, 3.63) is 63.3 Å². The van der Waals surface area contributed by atoms with Crippen molar-refractivity contribution >= 4 is 39.2 Å². The zero-order valence-corrected chi connectivity index (χ0v) is 12.6. The Morgan fingerprint density at radius 2 is 1.95 bits per heavy atom. The monoisotopic (exact) mass is 356 g/mol. The number of anilines is 1. The highest BCUT2D eigenvalue weighted by atomic mass is 79.9. The highest BCUT2D eigenvalue weighted by Gasteiger charge is 2.11. The second-order valence-electron chi connectivity index (χ2n) is 4.04. The first kappa shape index (κ1) is 14.8. The molecule has 0 unspecified atom stereocenters. The molecule has 2 N–H and O–H groups in total. The molecule has 0 aliphatic rings. The zero-order valence-electron chi connectivity index (χ0n) is 10.3. The van der Waals surface area contributed by atoms with Crippen LogP contribution >= 0.6 is 27.5 Å². The molecule has 0 aliphatic carbocycles. The number of amides is 2. The van der Waals surface area contributed by atoms with Crippen molar-refractivity contribution in [3.8, 4) is 0 Å². The minimum Gasteiger partial charge on any atom is -0.334 e. The Labute approximate surface area is 129 Å². The molecule has 0 bridgehead atoms. The van der Waals surface area contributed by atoms with Gasteiger partial charge in [0.25, 0.3) is 0 Å². The van der Waals surface area contributed by atoms with Crippen LogP contribution in [0.2, 0.25) is 5.02 Å². The Morgan fingerprint density at radius 3 is 2.60 bits per heavy atom. The molecule has 3 nitrogen and oxygen atoms in total. The molecule has 2 aromatic rings. The smallest absolute Gasteiger partial charge is 0.319 e. The van der Waals surface area contributed by atoms with E-state index in [4.69, 9.17) is 11.6 Å². The molecule has 0 fully saturated rings. The maximum atomic E-state index is 13.1. The van der Waals surface area contributed by atoms with E-state index in [1.165, 1.54) is 6.07 Å². The lowest BCUT2D eigenvalue weighted by molar-refractivity contribution is 0.251. The van der Waals surface area contributed by atoms with Crippen LogP contribution in [0.5, 0.6) is 0 Å². The van der Waals surface area contributed by atoms with Crippen molar-refractivity contribution < 1.29 is 9.18 Å². The van der Waals surface area contributed by atoms with E-state index >= 15 is 0 Å². The number of hydrogen-bond donors (Lipinski definition) is 2.